The van der Waals surface area contributed by atoms with Crippen molar-refractivity contribution in [2.75, 3.05) is 13.3 Å². The molecule has 1 saturated heterocycles. The maximum Gasteiger partial charge on any atom is 0.243 e. The highest BCUT2D eigenvalue weighted by Gasteiger charge is 2.50. The highest BCUT2D eigenvalue weighted by Crippen LogP contribution is 2.49. The highest BCUT2D eigenvalue weighted by atomic mass is 32.2. The summed E-state index contributed by atoms with van der Waals surface area (Å²) in [5.41, 5.74) is 3.28. The predicted octanol–water partition coefficient (Wildman–Crippen LogP) is 5.27. The molecule has 1 saturated carbocycles. The van der Waals surface area contributed by atoms with Crippen molar-refractivity contribution in [1.29, 1.82) is 0 Å². The van der Waals surface area contributed by atoms with Gasteiger partial charge in [-0.3, -0.25) is 0 Å². The topological polar surface area (TPSA) is 65.1 Å². The van der Waals surface area contributed by atoms with Crippen LogP contribution in [0.15, 0.2) is 77.7 Å². The number of rotatable bonds is 6. The predicted molar refractivity (Wildman–Crippen MR) is 137 cm³/mol. The zero-order valence-corrected chi connectivity index (χ0v) is 21.2. The third kappa shape index (κ3) is 4.40. The van der Waals surface area contributed by atoms with Crippen LogP contribution in [0, 0.1) is 12.8 Å². The van der Waals surface area contributed by atoms with E-state index in [0.717, 1.165) is 41.0 Å². The van der Waals surface area contributed by atoms with Crippen molar-refractivity contribution in [3.8, 4) is 11.5 Å². The second-order valence-electron chi connectivity index (χ2n) is 10.1. The molecule has 36 heavy (non-hydrogen) atoms. The van der Waals surface area contributed by atoms with Crippen molar-refractivity contribution in [2.24, 2.45) is 5.92 Å². The van der Waals surface area contributed by atoms with Gasteiger partial charge in [-0.2, -0.15) is 4.31 Å². The molecule has 0 spiro atoms. The van der Waals surface area contributed by atoms with Crippen LogP contribution in [0.1, 0.15) is 41.9 Å². The molecule has 7 heteroatoms. The lowest BCUT2D eigenvalue weighted by Gasteiger charge is -2.36. The minimum absolute atomic E-state index is 0.0256. The summed E-state index contributed by atoms with van der Waals surface area (Å²) in [6.45, 7) is 3.19. The zero-order chi connectivity index (χ0) is 24.7. The minimum Gasteiger partial charge on any atom is -0.454 e. The summed E-state index contributed by atoms with van der Waals surface area (Å²) in [4.78, 5) is 0.352. The molecule has 0 amide bonds. The summed E-state index contributed by atoms with van der Waals surface area (Å²) in [7, 11) is -3.65. The molecule has 6 nitrogen and oxygen atoms in total. The number of ether oxygens (including phenoxy) is 3. The number of aryl methyl sites for hydroxylation is 1. The van der Waals surface area contributed by atoms with E-state index in [0.29, 0.717) is 24.5 Å². The van der Waals surface area contributed by atoms with E-state index in [2.05, 4.69) is 18.2 Å². The summed E-state index contributed by atoms with van der Waals surface area (Å²) in [5, 5.41) is 0. The molecule has 6 rings (SSSR count). The molecule has 3 aromatic carbocycles. The Hall–Kier alpha value is -2.87. The molecule has 0 aromatic heterocycles. The van der Waals surface area contributed by atoms with Crippen molar-refractivity contribution in [2.45, 2.75) is 55.8 Å². The number of sulfonamides is 1. The van der Waals surface area contributed by atoms with Crippen LogP contribution in [0.4, 0.5) is 0 Å². The summed E-state index contributed by atoms with van der Waals surface area (Å²) < 4.78 is 47.0. The molecule has 3 aliphatic rings. The van der Waals surface area contributed by atoms with Crippen molar-refractivity contribution < 1.29 is 22.6 Å². The van der Waals surface area contributed by atoms with Crippen LogP contribution in [0.25, 0.3) is 0 Å². The Morgan fingerprint density at radius 1 is 0.944 bits per heavy atom. The third-order valence-electron chi connectivity index (χ3n) is 7.86. The van der Waals surface area contributed by atoms with Gasteiger partial charge in [-0.15, -0.1) is 0 Å². The molecule has 0 bridgehead atoms. The van der Waals surface area contributed by atoms with Crippen LogP contribution in [-0.4, -0.2) is 38.2 Å². The van der Waals surface area contributed by atoms with Gasteiger partial charge in [-0.1, -0.05) is 54.1 Å². The minimum atomic E-state index is -3.65. The quantitative estimate of drug-likeness (QED) is 0.457. The average molecular weight is 506 g/mol. The van der Waals surface area contributed by atoms with E-state index in [1.807, 2.05) is 49.4 Å². The Morgan fingerprint density at radius 2 is 1.72 bits per heavy atom. The smallest absolute Gasteiger partial charge is 0.243 e. The second-order valence-corrected chi connectivity index (χ2v) is 12.0. The summed E-state index contributed by atoms with van der Waals surface area (Å²) >= 11 is 0. The molecule has 2 heterocycles. The van der Waals surface area contributed by atoms with Gasteiger partial charge in [0.2, 0.25) is 16.8 Å². The fraction of sp³-hybridized carbons (Fsp3) is 0.379. The third-order valence-corrected chi connectivity index (χ3v) is 9.77. The Bertz CT molecular complexity index is 1330. The molecular weight excluding hydrogens is 474 g/mol. The number of fused-ring (bicyclic) bond motifs is 2. The molecule has 1 aliphatic carbocycles. The van der Waals surface area contributed by atoms with Crippen LogP contribution in [0.2, 0.25) is 0 Å². The largest absolute Gasteiger partial charge is 0.454 e. The lowest BCUT2D eigenvalue weighted by Crippen LogP contribution is -2.43. The molecule has 2 aliphatic heterocycles. The Morgan fingerprint density at radius 3 is 2.53 bits per heavy atom. The number of hydrogen-bond acceptors (Lipinski definition) is 5. The Labute approximate surface area is 212 Å². The maximum absolute atomic E-state index is 13.9. The molecular formula is C29H31NO5S. The first-order valence-electron chi connectivity index (χ1n) is 12.6. The SMILES string of the molecule is Cc1ccc(S(=O)(=O)N2C[C@@H](c3ccc4c(c3)OCO4)[C@@H]3CC[C@H](OCc4ccccc4)C[C@@H]32)cc1. The fourth-order valence-electron chi connectivity index (χ4n) is 5.96. The monoisotopic (exact) mass is 505 g/mol. The van der Waals surface area contributed by atoms with Crippen LogP contribution in [0.3, 0.4) is 0 Å². The number of nitrogens with zero attached hydrogens (tertiary/aromatic N) is 1. The number of hydrogen-bond donors (Lipinski definition) is 0. The lowest BCUT2D eigenvalue weighted by molar-refractivity contribution is -0.00562. The molecule has 3 aromatic rings. The van der Waals surface area contributed by atoms with Gasteiger partial charge in [0.05, 0.1) is 17.6 Å². The van der Waals surface area contributed by atoms with Crippen molar-refractivity contribution in [3.63, 3.8) is 0 Å². The first-order valence-corrected chi connectivity index (χ1v) is 14.1. The maximum atomic E-state index is 13.9. The van der Waals surface area contributed by atoms with E-state index in [1.54, 1.807) is 16.4 Å². The normalized spacial score (nSPS) is 25.6. The van der Waals surface area contributed by atoms with Crippen LogP contribution in [-0.2, 0) is 21.4 Å². The highest BCUT2D eigenvalue weighted by molar-refractivity contribution is 7.89. The van der Waals surface area contributed by atoms with Gasteiger partial charge >= 0.3 is 0 Å². The first-order chi connectivity index (χ1) is 17.5. The van der Waals surface area contributed by atoms with Gasteiger partial charge in [0.1, 0.15) is 0 Å². The molecule has 2 fully saturated rings. The zero-order valence-electron chi connectivity index (χ0n) is 20.4. The number of benzene rings is 3. The van der Waals surface area contributed by atoms with E-state index in [1.165, 1.54) is 0 Å². The van der Waals surface area contributed by atoms with Crippen LogP contribution < -0.4 is 9.47 Å². The summed E-state index contributed by atoms with van der Waals surface area (Å²) in [6.07, 6.45) is 2.57. The Kier molecular flexibility index (Phi) is 6.23. The molecule has 4 atom stereocenters. The van der Waals surface area contributed by atoms with Crippen LogP contribution in [0.5, 0.6) is 11.5 Å². The summed E-state index contributed by atoms with van der Waals surface area (Å²) in [6, 6.07) is 23.2. The fourth-order valence-corrected chi connectivity index (χ4v) is 7.66. The molecule has 0 N–H and O–H groups in total. The van der Waals surface area contributed by atoms with E-state index in [4.69, 9.17) is 14.2 Å². The van der Waals surface area contributed by atoms with Gasteiger partial charge in [0.15, 0.2) is 11.5 Å². The molecule has 0 unspecified atom stereocenters. The lowest BCUT2D eigenvalue weighted by atomic mass is 9.76. The molecule has 188 valence electrons. The van der Waals surface area contributed by atoms with E-state index >= 15 is 0 Å². The second kappa shape index (κ2) is 9.54. The first kappa shape index (κ1) is 23.5. The van der Waals surface area contributed by atoms with Crippen molar-refractivity contribution in [1.82, 2.24) is 4.31 Å². The standard InChI is InChI=1S/C29H31NO5S/c1-20-7-11-24(12-8-20)36(31,32)30-17-26(22-9-14-28-29(15-22)35-19-34-28)25-13-10-23(16-27(25)30)33-18-21-5-3-2-4-6-21/h2-9,11-12,14-15,23,25-27H,10,13,16-19H2,1H3/t23-,25-,26-,27-/m0/s1. The summed E-state index contributed by atoms with van der Waals surface area (Å²) in [5.74, 6) is 1.81. The van der Waals surface area contributed by atoms with Gasteiger partial charge in [-0.25, -0.2) is 8.42 Å². The average Bonchev–Trinajstić information content (AvgIpc) is 3.53. The van der Waals surface area contributed by atoms with Gasteiger partial charge < -0.3 is 14.2 Å². The van der Waals surface area contributed by atoms with Crippen molar-refractivity contribution >= 4 is 10.0 Å². The van der Waals surface area contributed by atoms with Crippen molar-refractivity contribution in [3.05, 3.63) is 89.5 Å². The van der Waals surface area contributed by atoms with Gasteiger partial charge in [-0.05, 0) is 67.5 Å². The van der Waals surface area contributed by atoms with E-state index in [9.17, 15) is 8.42 Å². The van der Waals surface area contributed by atoms with E-state index in [-0.39, 0.29) is 30.8 Å². The van der Waals surface area contributed by atoms with E-state index < -0.39 is 10.0 Å². The molecule has 0 radical (unpaired) electrons. The Balaban J connectivity index is 1.29. The van der Waals surface area contributed by atoms with Crippen LogP contribution >= 0.6 is 0 Å². The van der Waals surface area contributed by atoms with Gasteiger partial charge in [0, 0.05) is 18.5 Å². The van der Waals surface area contributed by atoms with Gasteiger partial charge in [0.25, 0.3) is 0 Å².